The molecule has 3 aromatic rings. The average molecular weight is 363 g/mol. The molecule has 138 valence electrons. The van der Waals surface area contributed by atoms with E-state index in [1.54, 1.807) is 19.5 Å². The fraction of sp³-hybridized carbons (Fsp3) is 0.200. The van der Waals surface area contributed by atoms with Crippen LogP contribution in [0.2, 0.25) is 0 Å². The van der Waals surface area contributed by atoms with Crippen molar-refractivity contribution in [2.45, 2.75) is 13.0 Å². The van der Waals surface area contributed by atoms with Crippen molar-refractivity contribution in [1.82, 2.24) is 20.3 Å². The molecule has 2 N–H and O–H groups in total. The van der Waals surface area contributed by atoms with Gasteiger partial charge < -0.3 is 15.4 Å². The summed E-state index contributed by atoms with van der Waals surface area (Å²) >= 11 is 0. The smallest absolute Gasteiger partial charge is 0.271 e. The van der Waals surface area contributed by atoms with Crippen LogP contribution in [0.25, 0.3) is 0 Å². The van der Waals surface area contributed by atoms with E-state index in [-0.39, 0.29) is 11.6 Å². The van der Waals surface area contributed by atoms with Crippen LogP contribution in [-0.2, 0) is 13.0 Å². The third-order valence-electron chi connectivity index (χ3n) is 3.89. The Balaban J connectivity index is 1.47. The van der Waals surface area contributed by atoms with Crippen LogP contribution < -0.4 is 15.4 Å². The molecule has 27 heavy (non-hydrogen) atoms. The highest BCUT2D eigenvalue weighted by Crippen LogP contribution is 2.13. The number of hydrogen-bond acceptors (Lipinski definition) is 6. The highest BCUT2D eigenvalue weighted by molar-refractivity contribution is 5.91. The SMILES string of the molecule is COc1cccc(CCNc2cnc(C(=O)NCc3ccccn3)cn2)c1. The van der Waals surface area contributed by atoms with Crippen molar-refractivity contribution in [2.75, 3.05) is 19.0 Å². The maximum absolute atomic E-state index is 12.1. The van der Waals surface area contributed by atoms with Gasteiger partial charge in [0, 0.05) is 12.7 Å². The summed E-state index contributed by atoms with van der Waals surface area (Å²) in [4.78, 5) is 24.7. The van der Waals surface area contributed by atoms with Gasteiger partial charge in [0.15, 0.2) is 0 Å². The van der Waals surface area contributed by atoms with Gasteiger partial charge in [-0.15, -0.1) is 0 Å². The van der Waals surface area contributed by atoms with E-state index < -0.39 is 0 Å². The van der Waals surface area contributed by atoms with Crippen LogP contribution in [0.15, 0.2) is 61.1 Å². The minimum Gasteiger partial charge on any atom is -0.497 e. The van der Waals surface area contributed by atoms with Gasteiger partial charge in [-0.2, -0.15) is 0 Å². The lowest BCUT2D eigenvalue weighted by Crippen LogP contribution is -2.24. The summed E-state index contributed by atoms with van der Waals surface area (Å²) in [7, 11) is 1.65. The van der Waals surface area contributed by atoms with E-state index in [1.165, 1.54) is 11.8 Å². The lowest BCUT2D eigenvalue weighted by atomic mass is 10.1. The number of carbonyl (C=O) groups is 1. The zero-order valence-corrected chi connectivity index (χ0v) is 15.1. The molecular formula is C20H21N5O2. The molecule has 0 atom stereocenters. The predicted molar refractivity (Wildman–Crippen MR) is 103 cm³/mol. The van der Waals surface area contributed by atoms with Gasteiger partial charge in [0.05, 0.1) is 31.7 Å². The first-order valence-electron chi connectivity index (χ1n) is 8.61. The third-order valence-corrected chi connectivity index (χ3v) is 3.89. The molecule has 0 aliphatic heterocycles. The lowest BCUT2D eigenvalue weighted by Gasteiger charge is -2.08. The first-order valence-corrected chi connectivity index (χ1v) is 8.61. The number of anilines is 1. The number of ether oxygens (including phenoxy) is 1. The van der Waals surface area contributed by atoms with Crippen LogP contribution >= 0.6 is 0 Å². The van der Waals surface area contributed by atoms with E-state index in [9.17, 15) is 4.79 Å². The summed E-state index contributed by atoms with van der Waals surface area (Å²) in [5, 5.41) is 5.97. The van der Waals surface area contributed by atoms with Gasteiger partial charge in [-0.1, -0.05) is 18.2 Å². The summed E-state index contributed by atoms with van der Waals surface area (Å²) < 4.78 is 5.22. The van der Waals surface area contributed by atoms with E-state index in [4.69, 9.17) is 4.74 Å². The molecule has 7 heteroatoms. The molecule has 0 radical (unpaired) electrons. The van der Waals surface area contributed by atoms with Crippen LogP contribution in [0.4, 0.5) is 5.82 Å². The van der Waals surface area contributed by atoms with E-state index in [0.29, 0.717) is 18.9 Å². The van der Waals surface area contributed by atoms with Crippen LogP contribution in [0.3, 0.4) is 0 Å². The minimum atomic E-state index is -0.281. The van der Waals surface area contributed by atoms with Crippen LogP contribution in [0, 0.1) is 0 Å². The highest BCUT2D eigenvalue weighted by Gasteiger charge is 2.08. The lowest BCUT2D eigenvalue weighted by molar-refractivity contribution is 0.0945. The zero-order chi connectivity index (χ0) is 18.9. The van der Waals surface area contributed by atoms with Gasteiger partial charge in [-0.05, 0) is 36.2 Å². The largest absolute Gasteiger partial charge is 0.497 e. The zero-order valence-electron chi connectivity index (χ0n) is 15.1. The maximum Gasteiger partial charge on any atom is 0.271 e. The molecule has 0 saturated heterocycles. The van der Waals surface area contributed by atoms with Crippen molar-refractivity contribution in [3.8, 4) is 5.75 Å². The van der Waals surface area contributed by atoms with Gasteiger partial charge in [-0.3, -0.25) is 9.78 Å². The first kappa shape index (κ1) is 18.3. The third kappa shape index (κ3) is 5.50. The number of methoxy groups -OCH3 is 1. The Kier molecular flexibility index (Phi) is 6.30. The summed E-state index contributed by atoms with van der Waals surface area (Å²) in [6.07, 6.45) is 5.53. The molecule has 1 aromatic carbocycles. The Bertz CT molecular complexity index is 869. The number of nitrogens with one attached hydrogen (secondary N) is 2. The Hall–Kier alpha value is -3.48. The van der Waals surface area contributed by atoms with E-state index in [0.717, 1.165) is 17.9 Å². The quantitative estimate of drug-likeness (QED) is 0.639. The second kappa shape index (κ2) is 9.28. The molecule has 0 spiro atoms. The number of amides is 1. The van der Waals surface area contributed by atoms with E-state index in [2.05, 4.69) is 25.6 Å². The normalized spacial score (nSPS) is 10.3. The number of rotatable bonds is 8. The molecule has 0 unspecified atom stereocenters. The number of nitrogens with zero attached hydrogens (tertiary/aromatic N) is 3. The highest BCUT2D eigenvalue weighted by atomic mass is 16.5. The van der Waals surface area contributed by atoms with Gasteiger partial charge in [0.2, 0.25) is 0 Å². The topological polar surface area (TPSA) is 89.0 Å². The van der Waals surface area contributed by atoms with Crippen molar-refractivity contribution in [3.05, 3.63) is 78.0 Å². The molecular weight excluding hydrogens is 342 g/mol. The monoisotopic (exact) mass is 363 g/mol. The van der Waals surface area contributed by atoms with Gasteiger partial charge in [-0.25, -0.2) is 9.97 Å². The Morgan fingerprint density at radius 1 is 1.07 bits per heavy atom. The number of benzene rings is 1. The van der Waals surface area contributed by atoms with Crippen molar-refractivity contribution in [2.24, 2.45) is 0 Å². The molecule has 0 aliphatic rings. The summed E-state index contributed by atoms with van der Waals surface area (Å²) in [5.41, 5.74) is 2.22. The molecule has 0 aliphatic carbocycles. The van der Waals surface area contributed by atoms with Crippen molar-refractivity contribution >= 4 is 11.7 Å². The van der Waals surface area contributed by atoms with Crippen molar-refractivity contribution in [1.29, 1.82) is 0 Å². The summed E-state index contributed by atoms with van der Waals surface area (Å²) in [5.74, 6) is 1.18. The molecule has 0 saturated carbocycles. The number of carbonyl (C=O) groups excluding carboxylic acids is 1. The molecule has 1 amide bonds. The first-order chi connectivity index (χ1) is 13.2. The number of aromatic nitrogens is 3. The molecule has 2 aromatic heterocycles. The maximum atomic E-state index is 12.1. The van der Waals surface area contributed by atoms with Crippen molar-refractivity contribution in [3.63, 3.8) is 0 Å². The summed E-state index contributed by atoms with van der Waals surface area (Å²) in [6.45, 7) is 1.05. The van der Waals surface area contributed by atoms with E-state index in [1.807, 2.05) is 42.5 Å². The Morgan fingerprint density at radius 2 is 2.00 bits per heavy atom. The number of hydrogen-bond donors (Lipinski definition) is 2. The minimum absolute atomic E-state index is 0.268. The molecule has 2 heterocycles. The summed E-state index contributed by atoms with van der Waals surface area (Å²) in [6, 6.07) is 13.5. The second-order valence-corrected chi connectivity index (χ2v) is 5.82. The average Bonchev–Trinajstić information content (AvgIpc) is 2.73. The fourth-order valence-corrected chi connectivity index (χ4v) is 2.46. The standard InChI is InChI=1S/C20H21N5O2/c1-27-17-7-4-5-15(11-17)8-10-22-19-14-23-18(13-24-19)20(26)25-12-16-6-2-3-9-21-16/h2-7,9,11,13-14H,8,10,12H2,1H3,(H,22,24)(H,25,26). The van der Waals surface area contributed by atoms with Crippen molar-refractivity contribution < 1.29 is 9.53 Å². The Morgan fingerprint density at radius 3 is 2.74 bits per heavy atom. The Labute approximate surface area is 157 Å². The second-order valence-electron chi connectivity index (χ2n) is 5.82. The predicted octanol–water partition coefficient (Wildman–Crippen LogP) is 2.46. The van der Waals surface area contributed by atoms with Crippen LogP contribution in [0.5, 0.6) is 5.75 Å². The molecule has 0 fully saturated rings. The van der Waals surface area contributed by atoms with Gasteiger partial charge in [0.25, 0.3) is 5.91 Å². The van der Waals surface area contributed by atoms with Gasteiger partial charge in [0.1, 0.15) is 17.3 Å². The van der Waals surface area contributed by atoms with Crippen LogP contribution in [-0.4, -0.2) is 34.5 Å². The number of pyridine rings is 1. The molecule has 7 nitrogen and oxygen atoms in total. The fourth-order valence-electron chi connectivity index (χ4n) is 2.46. The van der Waals surface area contributed by atoms with E-state index >= 15 is 0 Å². The van der Waals surface area contributed by atoms with Crippen LogP contribution in [0.1, 0.15) is 21.7 Å². The van der Waals surface area contributed by atoms with Gasteiger partial charge >= 0.3 is 0 Å². The molecule has 3 rings (SSSR count). The molecule has 0 bridgehead atoms.